The van der Waals surface area contributed by atoms with E-state index in [0.717, 1.165) is 25.9 Å². The third-order valence-corrected chi connectivity index (χ3v) is 3.28. The Morgan fingerprint density at radius 3 is 1.48 bits per heavy atom. The fraction of sp³-hybridized carbons (Fsp3) is 1.00. The van der Waals surface area contributed by atoms with Crippen LogP contribution in [0.25, 0.3) is 0 Å². The first-order valence-electron chi connectivity index (χ1n) is 9.49. The third kappa shape index (κ3) is 21.7. The van der Waals surface area contributed by atoms with Crippen molar-refractivity contribution in [3.8, 4) is 0 Å². The van der Waals surface area contributed by atoms with Crippen LogP contribution in [-0.2, 0) is 28.4 Å². The van der Waals surface area contributed by atoms with E-state index < -0.39 is 6.29 Å². The molecule has 0 radical (unpaired) electrons. The summed E-state index contributed by atoms with van der Waals surface area (Å²) >= 11 is 0. The summed E-state index contributed by atoms with van der Waals surface area (Å²) in [6.45, 7) is 10.1. The first kappa shape index (κ1) is 24.7. The van der Waals surface area contributed by atoms with Gasteiger partial charge >= 0.3 is 0 Å². The Hall–Kier alpha value is -0.280. The van der Waals surface area contributed by atoms with Crippen molar-refractivity contribution in [3.05, 3.63) is 0 Å². The zero-order valence-electron chi connectivity index (χ0n) is 16.1. The molecule has 0 heterocycles. The van der Waals surface area contributed by atoms with E-state index in [1.54, 1.807) is 0 Å². The minimum atomic E-state index is -0.674. The molecular weight excluding hydrogens is 328 g/mol. The number of ether oxygens (including phenoxy) is 6. The number of hydrogen-bond donors (Lipinski definition) is 1. The van der Waals surface area contributed by atoms with E-state index in [1.807, 2.05) is 6.92 Å². The quantitative estimate of drug-likeness (QED) is 0.246. The Labute approximate surface area is 152 Å². The summed E-state index contributed by atoms with van der Waals surface area (Å²) in [6.07, 6.45) is 3.27. The monoisotopic (exact) mass is 366 g/mol. The van der Waals surface area contributed by atoms with E-state index in [9.17, 15) is 5.11 Å². The van der Waals surface area contributed by atoms with Gasteiger partial charge in [-0.1, -0.05) is 19.8 Å². The molecule has 152 valence electrons. The fourth-order valence-electron chi connectivity index (χ4n) is 1.92. The minimum absolute atomic E-state index is 0.402. The van der Waals surface area contributed by atoms with Crippen LogP contribution in [0.5, 0.6) is 0 Å². The average Bonchev–Trinajstić information content (AvgIpc) is 2.61. The van der Waals surface area contributed by atoms with Crippen molar-refractivity contribution in [2.45, 2.75) is 45.8 Å². The van der Waals surface area contributed by atoms with Crippen molar-refractivity contribution < 1.29 is 33.5 Å². The Morgan fingerprint density at radius 2 is 1.04 bits per heavy atom. The maximum atomic E-state index is 9.56. The molecule has 1 atom stereocenters. The molecule has 1 unspecified atom stereocenters. The van der Waals surface area contributed by atoms with Gasteiger partial charge in [0.1, 0.15) is 0 Å². The second-order valence-corrected chi connectivity index (χ2v) is 5.47. The third-order valence-electron chi connectivity index (χ3n) is 3.28. The smallest absolute Gasteiger partial charge is 0.154 e. The average molecular weight is 366 g/mol. The predicted octanol–water partition coefficient (Wildman–Crippen LogP) is 2.00. The Bertz CT molecular complexity index is 241. The first-order chi connectivity index (χ1) is 12.3. The maximum absolute atomic E-state index is 9.56. The molecule has 7 nitrogen and oxygen atoms in total. The molecular formula is C18H38O7. The van der Waals surface area contributed by atoms with Crippen LogP contribution in [0.4, 0.5) is 0 Å². The molecule has 1 N–H and O–H groups in total. The van der Waals surface area contributed by atoms with Crippen LogP contribution < -0.4 is 0 Å². The van der Waals surface area contributed by atoms with Gasteiger partial charge in [0, 0.05) is 6.61 Å². The topological polar surface area (TPSA) is 75.6 Å². The van der Waals surface area contributed by atoms with Gasteiger partial charge in [-0.15, -0.1) is 0 Å². The minimum Gasteiger partial charge on any atom is -0.379 e. The molecule has 0 rings (SSSR count). The Morgan fingerprint density at radius 1 is 0.600 bits per heavy atom. The molecule has 0 aromatic carbocycles. The standard InChI is InChI=1S/C18H38O7/c1-3-5-6-7-18(19)25-17-16-24-15-14-23-13-12-22-11-10-21-9-8-20-4-2/h18-19H,3-17H2,1-2H3. The number of unbranched alkanes of at least 4 members (excludes halogenated alkanes) is 2. The molecule has 0 aromatic rings. The van der Waals surface area contributed by atoms with Crippen molar-refractivity contribution in [2.24, 2.45) is 0 Å². The van der Waals surface area contributed by atoms with Gasteiger partial charge in [-0.05, 0) is 19.8 Å². The van der Waals surface area contributed by atoms with Crippen molar-refractivity contribution in [1.29, 1.82) is 0 Å². The molecule has 25 heavy (non-hydrogen) atoms. The molecule has 0 aliphatic carbocycles. The van der Waals surface area contributed by atoms with Crippen molar-refractivity contribution in [2.75, 3.05) is 72.7 Å². The summed E-state index contributed by atoms with van der Waals surface area (Å²) in [6, 6.07) is 0. The molecule has 7 heteroatoms. The highest BCUT2D eigenvalue weighted by Gasteiger charge is 2.02. The highest BCUT2D eigenvalue weighted by atomic mass is 16.6. The van der Waals surface area contributed by atoms with Gasteiger partial charge in [0.2, 0.25) is 0 Å². The zero-order valence-corrected chi connectivity index (χ0v) is 16.1. The largest absolute Gasteiger partial charge is 0.379 e. The predicted molar refractivity (Wildman–Crippen MR) is 95.9 cm³/mol. The van der Waals surface area contributed by atoms with Gasteiger partial charge < -0.3 is 33.5 Å². The normalized spacial score (nSPS) is 12.6. The molecule has 0 amide bonds. The second kappa shape index (κ2) is 21.8. The lowest BCUT2D eigenvalue weighted by atomic mass is 10.2. The molecule has 0 saturated carbocycles. The van der Waals surface area contributed by atoms with Crippen molar-refractivity contribution in [3.63, 3.8) is 0 Å². The van der Waals surface area contributed by atoms with Crippen LogP contribution in [0.2, 0.25) is 0 Å². The first-order valence-corrected chi connectivity index (χ1v) is 9.49. The van der Waals surface area contributed by atoms with Crippen LogP contribution in [0, 0.1) is 0 Å². The summed E-state index contributed by atoms with van der Waals surface area (Å²) in [7, 11) is 0. The van der Waals surface area contributed by atoms with E-state index in [-0.39, 0.29) is 0 Å². The maximum Gasteiger partial charge on any atom is 0.154 e. The summed E-state index contributed by atoms with van der Waals surface area (Å²) in [5.74, 6) is 0. The Kier molecular flexibility index (Phi) is 21.5. The summed E-state index contributed by atoms with van der Waals surface area (Å²) < 4.78 is 31.9. The van der Waals surface area contributed by atoms with Crippen LogP contribution in [0.3, 0.4) is 0 Å². The van der Waals surface area contributed by atoms with E-state index in [2.05, 4.69) is 6.92 Å². The van der Waals surface area contributed by atoms with Gasteiger partial charge in [-0.25, -0.2) is 0 Å². The van der Waals surface area contributed by atoms with Gasteiger partial charge in [-0.3, -0.25) is 0 Å². The molecule has 0 bridgehead atoms. The molecule has 0 fully saturated rings. The number of hydrogen-bond acceptors (Lipinski definition) is 7. The van der Waals surface area contributed by atoms with E-state index in [0.29, 0.717) is 72.5 Å². The van der Waals surface area contributed by atoms with Gasteiger partial charge in [0.25, 0.3) is 0 Å². The number of aliphatic hydroxyl groups excluding tert-OH is 1. The number of rotatable bonds is 21. The van der Waals surface area contributed by atoms with E-state index >= 15 is 0 Å². The highest BCUT2D eigenvalue weighted by Crippen LogP contribution is 2.04. The van der Waals surface area contributed by atoms with Gasteiger partial charge in [0.05, 0.1) is 66.1 Å². The summed E-state index contributed by atoms with van der Waals surface area (Å²) in [5.41, 5.74) is 0. The van der Waals surface area contributed by atoms with Crippen molar-refractivity contribution >= 4 is 0 Å². The lowest BCUT2D eigenvalue weighted by molar-refractivity contribution is -0.118. The van der Waals surface area contributed by atoms with Crippen LogP contribution in [0.15, 0.2) is 0 Å². The zero-order chi connectivity index (χ0) is 18.4. The molecule has 0 aromatic heterocycles. The SMILES string of the molecule is CCCCCC(O)OCCOCCOCCOCCOCCOCC. The van der Waals surface area contributed by atoms with Gasteiger partial charge in [0.15, 0.2) is 6.29 Å². The second-order valence-electron chi connectivity index (χ2n) is 5.47. The van der Waals surface area contributed by atoms with Crippen molar-refractivity contribution in [1.82, 2.24) is 0 Å². The highest BCUT2D eigenvalue weighted by molar-refractivity contribution is 4.44. The summed E-state index contributed by atoms with van der Waals surface area (Å²) in [4.78, 5) is 0. The van der Waals surface area contributed by atoms with Gasteiger partial charge in [-0.2, -0.15) is 0 Å². The molecule has 0 aliphatic rings. The number of aliphatic hydroxyl groups is 1. The molecule has 0 aliphatic heterocycles. The Balaban J connectivity index is 3.05. The van der Waals surface area contributed by atoms with E-state index in [4.69, 9.17) is 28.4 Å². The fourth-order valence-corrected chi connectivity index (χ4v) is 1.92. The van der Waals surface area contributed by atoms with Crippen LogP contribution in [-0.4, -0.2) is 84.1 Å². The summed E-state index contributed by atoms with van der Waals surface area (Å²) in [5, 5.41) is 9.56. The van der Waals surface area contributed by atoms with Crippen LogP contribution >= 0.6 is 0 Å². The van der Waals surface area contributed by atoms with E-state index in [1.165, 1.54) is 0 Å². The lowest BCUT2D eigenvalue weighted by Gasteiger charge is -2.12. The van der Waals surface area contributed by atoms with Crippen LogP contribution in [0.1, 0.15) is 39.5 Å². The molecule has 0 spiro atoms. The molecule has 0 saturated heterocycles. The lowest BCUT2D eigenvalue weighted by Crippen LogP contribution is -2.17.